The molecule has 1 atom stereocenters. The first-order chi connectivity index (χ1) is 6.92. The van der Waals surface area contributed by atoms with Gasteiger partial charge in [0.15, 0.2) is 5.60 Å². The summed E-state index contributed by atoms with van der Waals surface area (Å²) in [5, 5.41) is 27.3. The average Bonchev–Trinajstić information content (AvgIpc) is 2.15. The van der Waals surface area contributed by atoms with Crippen molar-refractivity contribution in [2.75, 3.05) is 0 Å². The van der Waals surface area contributed by atoms with Crippen LogP contribution in [0.3, 0.4) is 0 Å². The van der Waals surface area contributed by atoms with Crippen molar-refractivity contribution in [2.45, 2.75) is 25.4 Å². The van der Waals surface area contributed by atoms with Crippen LogP contribution < -0.4 is 0 Å². The molecule has 0 aliphatic heterocycles. The van der Waals surface area contributed by atoms with Crippen LogP contribution in [0.25, 0.3) is 0 Å². The zero-order valence-electron chi connectivity index (χ0n) is 8.47. The van der Waals surface area contributed by atoms with Crippen LogP contribution in [-0.2, 0) is 11.2 Å². The van der Waals surface area contributed by atoms with Crippen LogP contribution in [0.2, 0.25) is 0 Å². The summed E-state index contributed by atoms with van der Waals surface area (Å²) in [5.41, 5.74) is -0.914. The quantitative estimate of drug-likeness (QED) is 0.696. The smallest absolute Gasteiger partial charge is 0.335 e. The number of aromatic hydroxyl groups is 1. The molecule has 0 aliphatic carbocycles. The predicted molar refractivity (Wildman–Crippen MR) is 54.7 cm³/mol. The molecule has 4 nitrogen and oxygen atoms in total. The van der Waals surface area contributed by atoms with Crippen LogP contribution >= 0.6 is 0 Å². The molecule has 0 bridgehead atoms. The number of aliphatic hydroxyl groups is 1. The SMILES string of the molecule is CC(O)(CCc1cccc(O)c1)C(=O)O. The van der Waals surface area contributed by atoms with E-state index < -0.39 is 11.6 Å². The molecule has 0 aliphatic rings. The Balaban J connectivity index is 2.61. The lowest BCUT2D eigenvalue weighted by Crippen LogP contribution is -2.35. The van der Waals surface area contributed by atoms with E-state index in [9.17, 15) is 15.0 Å². The lowest BCUT2D eigenvalue weighted by Gasteiger charge is -2.17. The molecular formula is C11H14O4. The molecule has 0 aromatic heterocycles. The Morgan fingerprint density at radius 2 is 2.13 bits per heavy atom. The number of carboxylic acid groups (broad SMARTS) is 1. The molecule has 0 saturated carbocycles. The molecule has 4 heteroatoms. The van der Waals surface area contributed by atoms with Crippen LogP contribution in [0.1, 0.15) is 18.9 Å². The molecule has 0 heterocycles. The Bertz CT molecular complexity index is 357. The predicted octanol–water partition coefficient (Wildman–Crippen LogP) is 1.16. The fourth-order valence-corrected chi connectivity index (χ4v) is 1.21. The summed E-state index contributed by atoms with van der Waals surface area (Å²) >= 11 is 0. The van der Waals surface area contributed by atoms with Crippen molar-refractivity contribution in [3.8, 4) is 5.75 Å². The van der Waals surface area contributed by atoms with E-state index in [-0.39, 0.29) is 12.2 Å². The largest absolute Gasteiger partial charge is 0.508 e. The third-order valence-corrected chi connectivity index (χ3v) is 2.27. The fourth-order valence-electron chi connectivity index (χ4n) is 1.21. The molecule has 0 fully saturated rings. The number of phenolic OH excluding ortho intramolecular Hbond substituents is 1. The van der Waals surface area contributed by atoms with Crippen LogP contribution in [0.4, 0.5) is 0 Å². The minimum Gasteiger partial charge on any atom is -0.508 e. The zero-order chi connectivity index (χ0) is 11.5. The highest BCUT2D eigenvalue weighted by Crippen LogP contribution is 2.17. The van der Waals surface area contributed by atoms with Crippen molar-refractivity contribution < 1.29 is 20.1 Å². The van der Waals surface area contributed by atoms with E-state index in [1.807, 2.05) is 0 Å². The molecule has 0 amide bonds. The third-order valence-electron chi connectivity index (χ3n) is 2.27. The van der Waals surface area contributed by atoms with E-state index in [4.69, 9.17) is 5.11 Å². The van der Waals surface area contributed by atoms with E-state index >= 15 is 0 Å². The first kappa shape index (κ1) is 11.5. The first-order valence-corrected chi connectivity index (χ1v) is 4.65. The van der Waals surface area contributed by atoms with Crippen molar-refractivity contribution in [1.29, 1.82) is 0 Å². The van der Waals surface area contributed by atoms with Gasteiger partial charge in [-0.25, -0.2) is 4.79 Å². The maximum atomic E-state index is 10.6. The Labute approximate surface area is 87.8 Å². The van der Waals surface area contributed by atoms with Crippen molar-refractivity contribution >= 4 is 5.97 Å². The van der Waals surface area contributed by atoms with E-state index in [1.165, 1.54) is 6.92 Å². The molecule has 15 heavy (non-hydrogen) atoms. The second kappa shape index (κ2) is 4.31. The van der Waals surface area contributed by atoms with Gasteiger partial charge in [-0.1, -0.05) is 12.1 Å². The molecular weight excluding hydrogens is 196 g/mol. The third kappa shape index (κ3) is 3.25. The lowest BCUT2D eigenvalue weighted by atomic mass is 9.97. The van der Waals surface area contributed by atoms with Crippen LogP contribution in [0, 0.1) is 0 Å². The highest BCUT2D eigenvalue weighted by atomic mass is 16.4. The number of carbonyl (C=O) groups is 1. The fraction of sp³-hybridized carbons (Fsp3) is 0.364. The van der Waals surface area contributed by atoms with E-state index in [0.29, 0.717) is 6.42 Å². The second-order valence-corrected chi connectivity index (χ2v) is 3.75. The van der Waals surface area contributed by atoms with E-state index in [2.05, 4.69) is 0 Å². The van der Waals surface area contributed by atoms with Crippen molar-refractivity contribution in [1.82, 2.24) is 0 Å². The van der Waals surface area contributed by atoms with Crippen molar-refractivity contribution in [3.63, 3.8) is 0 Å². The van der Waals surface area contributed by atoms with Gasteiger partial charge < -0.3 is 15.3 Å². The Morgan fingerprint density at radius 3 is 2.67 bits per heavy atom. The van der Waals surface area contributed by atoms with E-state index in [0.717, 1.165) is 5.56 Å². The molecule has 1 unspecified atom stereocenters. The molecule has 0 radical (unpaired) electrons. The van der Waals surface area contributed by atoms with Gasteiger partial charge >= 0.3 is 5.97 Å². The minimum atomic E-state index is -1.72. The Morgan fingerprint density at radius 1 is 1.47 bits per heavy atom. The normalized spacial score (nSPS) is 14.5. The van der Waals surface area contributed by atoms with Gasteiger partial charge in [-0.2, -0.15) is 0 Å². The maximum absolute atomic E-state index is 10.6. The van der Waals surface area contributed by atoms with Gasteiger partial charge in [0, 0.05) is 0 Å². The highest BCUT2D eigenvalue weighted by molar-refractivity contribution is 5.76. The molecule has 0 spiro atoms. The van der Waals surface area contributed by atoms with Gasteiger partial charge in [0.25, 0.3) is 0 Å². The van der Waals surface area contributed by atoms with Crippen LogP contribution in [0.5, 0.6) is 5.75 Å². The first-order valence-electron chi connectivity index (χ1n) is 4.65. The maximum Gasteiger partial charge on any atom is 0.335 e. The molecule has 1 rings (SSSR count). The van der Waals surface area contributed by atoms with Gasteiger partial charge in [-0.3, -0.25) is 0 Å². The summed E-state index contributed by atoms with van der Waals surface area (Å²) in [6.45, 7) is 1.26. The molecule has 0 saturated heterocycles. The zero-order valence-corrected chi connectivity index (χ0v) is 8.47. The van der Waals surface area contributed by atoms with Gasteiger partial charge in [-0.05, 0) is 37.5 Å². The number of hydrogen-bond acceptors (Lipinski definition) is 3. The number of phenols is 1. The molecule has 3 N–H and O–H groups in total. The van der Waals surface area contributed by atoms with Crippen molar-refractivity contribution in [2.24, 2.45) is 0 Å². The standard InChI is InChI=1S/C11H14O4/c1-11(15,10(13)14)6-5-8-3-2-4-9(12)7-8/h2-4,7,12,15H,5-6H2,1H3,(H,13,14). The number of carboxylic acids is 1. The summed E-state index contributed by atoms with van der Waals surface area (Å²) in [6.07, 6.45) is 0.527. The summed E-state index contributed by atoms with van der Waals surface area (Å²) in [7, 11) is 0. The van der Waals surface area contributed by atoms with Gasteiger partial charge in [0.1, 0.15) is 5.75 Å². The molecule has 1 aromatic rings. The number of rotatable bonds is 4. The molecule has 1 aromatic carbocycles. The number of aryl methyl sites for hydroxylation is 1. The number of benzene rings is 1. The average molecular weight is 210 g/mol. The summed E-state index contributed by atoms with van der Waals surface area (Å²) in [4.78, 5) is 10.6. The van der Waals surface area contributed by atoms with Gasteiger partial charge in [0.2, 0.25) is 0 Å². The van der Waals surface area contributed by atoms with Crippen molar-refractivity contribution in [3.05, 3.63) is 29.8 Å². The summed E-state index contributed by atoms with van der Waals surface area (Å²) < 4.78 is 0. The lowest BCUT2D eigenvalue weighted by molar-refractivity contribution is -0.157. The monoisotopic (exact) mass is 210 g/mol. The summed E-state index contributed by atoms with van der Waals surface area (Å²) in [5.74, 6) is -1.09. The topological polar surface area (TPSA) is 77.8 Å². The Kier molecular flexibility index (Phi) is 3.31. The minimum absolute atomic E-state index is 0.117. The van der Waals surface area contributed by atoms with Gasteiger partial charge in [-0.15, -0.1) is 0 Å². The van der Waals surface area contributed by atoms with Crippen LogP contribution in [-0.4, -0.2) is 26.9 Å². The number of hydrogen-bond donors (Lipinski definition) is 3. The van der Waals surface area contributed by atoms with Crippen LogP contribution in [0.15, 0.2) is 24.3 Å². The van der Waals surface area contributed by atoms with E-state index in [1.54, 1.807) is 24.3 Å². The highest BCUT2D eigenvalue weighted by Gasteiger charge is 2.29. The second-order valence-electron chi connectivity index (χ2n) is 3.75. The molecule has 82 valence electrons. The summed E-state index contributed by atoms with van der Waals surface area (Å²) in [6, 6.07) is 6.55. The van der Waals surface area contributed by atoms with Gasteiger partial charge in [0.05, 0.1) is 0 Å². The Hall–Kier alpha value is -1.55. The number of aliphatic carboxylic acids is 1.